The van der Waals surface area contributed by atoms with Crippen LogP contribution < -0.4 is 0 Å². The summed E-state index contributed by atoms with van der Waals surface area (Å²) in [6.07, 6.45) is 6.52. The van der Waals surface area contributed by atoms with Gasteiger partial charge in [0.15, 0.2) is 0 Å². The summed E-state index contributed by atoms with van der Waals surface area (Å²) in [7, 11) is 0. The van der Waals surface area contributed by atoms with Crippen molar-refractivity contribution in [1.29, 1.82) is 5.26 Å². The minimum atomic E-state index is -0.276. The first-order valence-electron chi connectivity index (χ1n) is 12.0. The smallest absolute Gasteiger partial charge is 0.332 e. The molecule has 0 aliphatic carbocycles. The van der Waals surface area contributed by atoms with Crippen LogP contribution in [0.15, 0.2) is 60.7 Å². The molecule has 0 fully saturated rings. The molecule has 3 rings (SSSR count). The van der Waals surface area contributed by atoms with Crippen molar-refractivity contribution < 1.29 is 14.3 Å². The molecular formula is C30H31NO3. The summed E-state index contributed by atoms with van der Waals surface area (Å²) in [5, 5.41) is 11.2. The highest BCUT2D eigenvalue weighted by atomic mass is 16.6. The SMILES string of the molecule is CCOCC(=O)OCCCCCCCc1ccc(C#Cc2ccc3cc(C#N)ccc3c2)cc1. The summed E-state index contributed by atoms with van der Waals surface area (Å²) in [4.78, 5) is 11.3. The molecule has 0 N–H and O–H groups in total. The molecule has 0 unspecified atom stereocenters. The predicted octanol–water partition coefficient (Wildman–Crippen LogP) is 6.18. The van der Waals surface area contributed by atoms with Crippen LogP contribution in [0.4, 0.5) is 0 Å². The molecule has 0 atom stereocenters. The maximum atomic E-state index is 11.3. The molecule has 3 aromatic rings. The third kappa shape index (κ3) is 8.39. The third-order valence-corrected chi connectivity index (χ3v) is 5.57. The quantitative estimate of drug-likeness (QED) is 0.197. The highest BCUT2D eigenvalue weighted by Gasteiger charge is 2.02. The Kier molecular flexibility index (Phi) is 10.2. The standard InChI is InChI=1S/C30H31NO3/c1-2-33-23-30(32)34-19-7-5-3-4-6-8-24-9-11-25(12-10-24)13-14-26-15-17-29-21-27(22-31)16-18-28(29)20-26/h9-12,15-18,20-21H,2-8,19,23H2,1H3. The van der Waals surface area contributed by atoms with Gasteiger partial charge in [0.1, 0.15) is 6.61 Å². The van der Waals surface area contributed by atoms with Crippen LogP contribution in [0.3, 0.4) is 0 Å². The molecule has 0 saturated heterocycles. The van der Waals surface area contributed by atoms with E-state index < -0.39 is 0 Å². The summed E-state index contributed by atoms with van der Waals surface area (Å²) in [5.74, 6) is 6.21. The van der Waals surface area contributed by atoms with Crippen molar-refractivity contribution in [2.45, 2.75) is 45.4 Å². The Bertz CT molecular complexity index is 1180. The number of nitrogens with zero attached hydrogens (tertiary/aromatic N) is 1. The van der Waals surface area contributed by atoms with Crippen LogP contribution in [0.1, 0.15) is 61.3 Å². The van der Waals surface area contributed by atoms with E-state index in [1.807, 2.05) is 37.3 Å². The Morgan fingerprint density at radius 3 is 2.15 bits per heavy atom. The minimum absolute atomic E-state index is 0.0508. The second kappa shape index (κ2) is 13.8. The van der Waals surface area contributed by atoms with Gasteiger partial charge in [-0.2, -0.15) is 5.26 Å². The highest BCUT2D eigenvalue weighted by Crippen LogP contribution is 2.17. The number of hydrogen-bond acceptors (Lipinski definition) is 4. The lowest BCUT2D eigenvalue weighted by Crippen LogP contribution is -2.13. The van der Waals surface area contributed by atoms with Crippen LogP contribution in [0.5, 0.6) is 0 Å². The third-order valence-electron chi connectivity index (χ3n) is 5.57. The summed E-state index contributed by atoms with van der Waals surface area (Å²) in [6, 6.07) is 22.4. The van der Waals surface area contributed by atoms with Gasteiger partial charge in [0.2, 0.25) is 0 Å². The molecular weight excluding hydrogens is 422 g/mol. The van der Waals surface area contributed by atoms with Crippen LogP contribution in [0.2, 0.25) is 0 Å². The van der Waals surface area contributed by atoms with Crippen molar-refractivity contribution in [3.8, 4) is 17.9 Å². The molecule has 4 heteroatoms. The van der Waals surface area contributed by atoms with Gasteiger partial charge in [0.25, 0.3) is 0 Å². The predicted molar refractivity (Wildman–Crippen MR) is 135 cm³/mol. The fraction of sp³-hybridized carbons (Fsp3) is 0.333. The van der Waals surface area contributed by atoms with Crippen LogP contribution in [0, 0.1) is 23.2 Å². The number of carbonyl (C=O) groups excluding carboxylic acids is 1. The zero-order chi connectivity index (χ0) is 24.0. The molecule has 0 aromatic heterocycles. The van der Waals surface area contributed by atoms with Gasteiger partial charge in [-0.1, -0.05) is 55.4 Å². The number of benzene rings is 3. The maximum absolute atomic E-state index is 11.3. The van der Waals surface area contributed by atoms with Gasteiger partial charge in [0, 0.05) is 17.7 Å². The van der Waals surface area contributed by atoms with Crippen LogP contribution in [-0.2, 0) is 20.7 Å². The Morgan fingerprint density at radius 1 is 0.794 bits per heavy atom. The van der Waals surface area contributed by atoms with Gasteiger partial charge < -0.3 is 9.47 Å². The largest absolute Gasteiger partial charge is 0.464 e. The van der Waals surface area contributed by atoms with Gasteiger partial charge in [-0.15, -0.1) is 0 Å². The van der Waals surface area contributed by atoms with Gasteiger partial charge in [-0.05, 0) is 78.9 Å². The van der Waals surface area contributed by atoms with E-state index in [0.29, 0.717) is 18.8 Å². The first kappa shape index (κ1) is 25.0. The zero-order valence-electron chi connectivity index (χ0n) is 19.8. The maximum Gasteiger partial charge on any atom is 0.332 e. The summed E-state index contributed by atoms with van der Waals surface area (Å²) < 4.78 is 10.1. The molecule has 0 spiro atoms. The molecule has 0 radical (unpaired) electrons. The Balaban J connectivity index is 1.36. The number of aryl methyl sites for hydroxylation is 1. The fourth-order valence-electron chi connectivity index (χ4n) is 3.67. The topological polar surface area (TPSA) is 59.3 Å². The van der Waals surface area contributed by atoms with E-state index in [9.17, 15) is 4.79 Å². The second-order valence-corrected chi connectivity index (χ2v) is 8.21. The number of nitriles is 1. The van der Waals surface area contributed by atoms with E-state index in [4.69, 9.17) is 14.7 Å². The van der Waals surface area contributed by atoms with E-state index in [-0.39, 0.29) is 12.6 Å². The first-order valence-corrected chi connectivity index (χ1v) is 12.0. The van der Waals surface area contributed by atoms with Crippen molar-refractivity contribution in [3.05, 3.63) is 82.9 Å². The molecule has 0 saturated carbocycles. The summed E-state index contributed by atoms with van der Waals surface area (Å²) >= 11 is 0. The average Bonchev–Trinajstić information content (AvgIpc) is 2.88. The minimum Gasteiger partial charge on any atom is -0.464 e. The van der Waals surface area contributed by atoms with E-state index in [0.717, 1.165) is 54.0 Å². The molecule has 0 aliphatic heterocycles. The lowest BCUT2D eigenvalue weighted by molar-refractivity contribution is -0.148. The van der Waals surface area contributed by atoms with E-state index >= 15 is 0 Å². The molecule has 0 aliphatic rings. The van der Waals surface area contributed by atoms with Crippen LogP contribution >= 0.6 is 0 Å². The van der Waals surface area contributed by atoms with Gasteiger partial charge in [-0.25, -0.2) is 4.79 Å². The molecule has 4 nitrogen and oxygen atoms in total. The number of esters is 1. The molecule has 0 amide bonds. The molecule has 0 heterocycles. The number of hydrogen-bond donors (Lipinski definition) is 0. The zero-order valence-corrected chi connectivity index (χ0v) is 19.8. The highest BCUT2D eigenvalue weighted by molar-refractivity contribution is 5.85. The van der Waals surface area contributed by atoms with Crippen molar-refractivity contribution in [3.63, 3.8) is 0 Å². The lowest BCUT2D eigenvalue weighted by atomic mass is 10.0. The van der Waals surface area contributed by atoms with Gasteiger partial charge >= 0.3 is 5.97 Å². The Hall–Kier alpha value is -3.60. The summed E-state index contributed by atoms with van der Waals surface area (Å²) in [6.45, 7) is 2.92. The number of carbonyl (C=O) groups is 1. The van der Waals surface area contributed by atoms with Crippen molar-refractivity contribution in [2.75, 3.05) is 19.8 Å². The monoisotopic (exact) mass is 453 g/mol. The molecule has 174 valence electrons. The van der Waals surface area contributed by atoms with Gasteiger partial charge in [0.05, 0.1) is 18.2 Å². The number of rotatable bonds is 11. The Labute approximate surface area is 202 Å². The normalized spacial score (nSPS) is 10.4. The van der Waals surface area contributed by atoms with Crippen LogP contribution in [-0.4, -0.2) is 25.8 Å². The molecule has 3 aromatic carbocycles. The van der Waals surface area contributed by atoms with Crippen molar-refractivity contribution in [1.82, 2.24) is 0 Å². The number of ether oxygens (including phenoxy) is 2. The van der Waals surface area contributed by atoms with Crippen molar-refractivity contribution >= 4 is 16.7 Å². The summed E-state index contributed by atoms with van der Waals surface area (Å²) in [5.41, 5.74) is 3.96. The fourth-order valence-corrected chi connectivity index (χ4v) is 3.67. The average molecular weight is 454 g/mol. The second-order valence-electron chi connectivity index (χ2n) is 8.21. The first-order chi connectivity index (χ1) is 16.7. The van der Waals surface area contributed by atoms with Crippen molar-refractivity contribution in [2.24, 2.45) is 0 Å². The van der Waals surface area contributed by atoms with Gasteiger partial charge in [-0.3, -0.25) is 0 Å². The molecule has 34 heavy (non-hydrogen) atoms. The van der Waals surface area contributed by atoms with E-state index in [2.05, 4.69) is 48.2 Å². The number of fused-ring (bicyclic) bond motifs is 1. The molecule has 0 bridgehead atoms. The van der Waals surface area contributed by atoms with E-state index in [1.54, 1.807) is 0 Å². The van der Waals surface area contributed by atoms with E-state index in [1.165, 1.54) is 12.0 Å². The lowest BCUT2D eigenvalue weighted by Gasteiger charge is -2.05. The van der Waals surface area contributed by atoms with Crippen LogP contribution in [0.25, 0.3) is 10.8 Å². The number of unbranched alkanes of at least 4 members (excludes halogenated alkanes) is 4. The Morgan fingerprint density at radius 2 is 1.41 bits per heavy atom.